The van der Waals surface area contributed by atoms with Crippen molar-refractivity contribution in [3.8, 4) is 0 Å². The van der Waals surface area contributed by atoms with Crippen LogP contribution in [0.5, 0.6) is 0 Å². The fourth-order valence-electron chi connectivity index (χ4n) is 1.17. The molecule has 2 N–H and O–H groups in total. The highest BCUT2D eigenvalue weighted by Crippen LogP contribution is 2.13. The van der Waals surface area contributed by atoms with Crippen LogP contribution in [-0.4, -0.2) is 34.7 Å². The number of aromatic nitrogens is 1. The Kier molecular flexibility index (Phi) is 4.70. The Bertz CT molecular complexity index is 429. The van der Waals surface area contributed by atoms with E-state index < -0.39 is 17.9 Å². The van der Waals surface area contributed by atoms with Gasteiger partial charge in [-0.05, 0) is 20.8 Å². The van der Waals surface area contributed by atoms with Crippen molar-refractivity contribution in [1.29, 1.82) is 0 Å². The fourth-order valence-corrected chi connectivity index (χ4v) is 1.17. The summed E-state index contributed by atoms with van der Waals surface area (Å²) in [5, 5.41) is 11.6. The predicted molar refractivity (Wildman–Crippen MR) is 62.3 cm³/mol. The van der Waals surface area contributed by atoms with Gasteiger partial charge < -0.3 is 19.6 Å². The molecular formula is C11H16N2O5. The lowest BCUT2D eigenvalue weighted by molar-refractivity contribution is -0.141. The van der Waals surface area contributed by atoms with Gasteiger partial charge in [0.15, 0.2) is 5.69 Å². The van der Waals surface area contributed by atoms with Gasteiger partial charge in [0.25, 0.3) is 6.01 Å². The first-order valence-corrected chi connectivity index (χ1v) is 5.57. The number of nitrogens with one attached hydrogen (secondary N) is 1. The number of hydrogen-bond donors (Lipinski definition) is 2. The van der Waals surface area contributed by atoms with Crippen LogP contribution < -0.4 is 5.32 Å². The topological polar surface area (TPSA) is 102 Å². The van der Waals surface area contributed by atoms with E-state index in [1.807, 2.05) is 0 Å². The number of ether oxygens (including phenoxy) is 1. The average Bonchev–Trinajstić information content (AvgIpc) is 2.76. The number of anilines is 1. The first kappa shape index (κ1) is 14.0. The summed E-state index contributed by atoms with van der Waals surface area (Å²) in [6, 6.07) is -0.283. The van der Waals surface area contributed by atoms with Crippen molar-refractivity contribution >= 4 is 18.0 Å². The number of esters is 1. The van der Waals surface area contributed by atoms with Crippen molar-refractivity contribution in [3.63, 3.8) is 0 Å². The molecule has 0 aliphatic heterocycles. The first-order chi connectivity index (χ1) is 8.45. The molecule has 0 amide bonds. The Labute approximate surface area is 104 Å². The lowest BCUT2D eigenvalue weighted by Gasteiger charge is -2.15. The zero-order chi connectivity index (χ0) is 13.7. The third-order valence-corrected chi connectivity index (χ3v) is 2.48. The van der Waals surface area contributed by atoms with E-state index in [0.717, 1.165) is 0 Å². The minimum Gasteiger partial charge on any atom is -0.481 e. The van der Waals surface area contributed by atoms with Crippen molar-refractivity contribution in [2.24, 2.45) is 5.92 Å². The zero-order valence-electron chi connectivity index (χ0n) is 10.5. The van der Waals surface area contributed by atoms with Gasteiger partial charge in [-0.2, -0.15) is 4.98 Å². The summed E-state index contributed by atoms with van der Waals surface area (Å²) in [6.07, 6.45) is 1.17. The molecule has 0 saturated heterocycles. The van der Waals surface area contributed by atoms with E-state index in [9.17, 15) is 9.59 Å². The molecule has 1 heterocycles. The van der Waals surface area contributed by atoms with E-state index in [1.54, 1.807) is 20.8 Å². The number of carboxylic acid groups (broad SMARTS) is 1. The monoisotopic (exact) mass is 256 g/mol. The van der Waals surface area contributed by atoms with Gasteiger partial charge in [-0.25, -0.2) is 4.79 Å². The second-order valence-electron chi connectivity index (χ2n) is 3.82. The van der Waals surface area contributed by atoms with Gasteiger partial charge >= 0.3 is 11.9 Å². The highest BCUT2D eigenvalue weighted by Gasteiger charge is 2.21. The predicted octanol–water partition coefficient (Wildman–Crippen LogP) is 1.37. The summed E-state index contributed by atoms with van der Waals surface area (Å²) >= 11 is 0. The first-order valence-electron chi connectivity index (χ1n) is 5.57. The second-order valence-corrected chi connectivity index (χ2v) is 3.82. The molecule has 1 rings (SSSR count). The molecule has 7 heteroatoms. The van der Waals surface area contributed by atoms with Crippen LogP contribution in [0.1, 0.15) is 31.3 Å². The lowest BCUT2D eigenvalue weighted by atomic mass is 10.1. The molecule has 0 fully saturated rings. The van der Waals surface area contributed by atoms with E-state index in [1.165, 1.54) is 6.26 Å². The molecule has 0 spiro atoms. The SMILES string of the molecule is CCOC(=O)c1coc(NC(C)C(C)C(=O)O)n1. The highest BCUT2D eigenvalue weighted by molar-refractivity contribution is 5.87. The summed E-state index contributed by atoms with van der Waals surface area (Å²) in [5.41, 5.74) is 0.0505. The van der Waals surface area contributed by atoms with Gasteiger partial charge in [0, 0.05) is 6.04 Å². The molecule has 0 aliphatic carbocycles. The van der Waals surface area contributed by atoms with Gasteiger partial charge in [-0.15, -0.1) is 0 Å². The van der Waals surface area contributed by atoms with Gasteiger partial charge in [-0.1, -0.05) is 0 Å². The molecule has 0 radical (unpaired) electrons. The van der Waals surface area contributed by atoms with Crippen LogP contribution in [-0.2, 0) is 9.53 Å². The smallest absolute Gasteiger partial charge is 0.360 e. The van der Waals surface area contributed by atoms with E-state index in [-0.39, 0.29) is 24.4 Å². The molecule has 0 bridgehead atoms. The number of carboxylic acids is 1. The Morgan fingerprint density at radius 2 is 2.22 bits per heavy atom. The maximum atomic E-state index is 11.3. The molecule has 0 saturated carbocycles. The van der Waals surface area contributed by atoms with Crippen molar-refractivity contribution < 1.29 is 23.8 Å². The van der Waals surface area contributed by atoms with Crippen molar-refractivity contribution in [2.45, 2.75) is 26.8 Å². The number of rotatable bonds is 6. The van der Waals surface area contributed by atoms with E-state index in [2.05, 4.69) is 10.3 Å². The fraction of sp³-hybridized carbons (Fsp3) is 0.545. The molecule has 2 unspecified atom stereocenters. The highest BCUT2D eigenvalue weighted by atomic mass is 16.5. The van der Waals surface area contributed by atoms with Crippen LogP contribution in [0.4, 0.5) is 6.01 Å². The number of aliphatic carboxylic acids is 1. The minimum absolute atomic E-state index is 0.0505. The van der Waals surface area contributed by atoms with Crippen LogP contribution in [0, 0.1) is 5.92 Å². The van der Waals surface area contributed by atoms with Crippen LogP contribution in [0.3, 0.4) is 0 Å². The van der Waals surface area contributed by atoms with E-state index in [4.69, 9.17) is 14.3 Å². The second kappa shape index (κ2) is 6.04. The molecule has 100 valence electrons. The minimum atomic E-state index is -0.924. The number of oxazole rings is 1. The maximum absolute atomic E-state index is 11.3. The molecular weight excluding hydrogens is 240 g/mol. The number of hydrogen-bond acceptors (Lipinski definition) is 6. The van der Waals surface area contributed by atoms with Crippen LogP contribution in [0.15, 0.2) is 10.7 Å². The summed E-state index contributed by atoms with van der Waals surface area (Å²) in [4.78, 5) is 25.9. The van der Waals surface area contributed by atoms with Crippen molar-refractivity contribution in [1.82, 2.24) is 4.98 Å². The molecule has 2 atom stereocenters. The van der Waals surface area contributed by atoms with E-state index in [0.29, 0.717) is 0 Å². The summed E-state index contributed by atoms with van der Waals surface area (Å²) < 4.78 is 9.77. The summed E-state index contributed by atoms with van der Waals surface area (Å²) in [5.74, 6) is -2.11. The Balaban J connectivity index is 2.64. The molecule has 0 aliphatic rings. The number of carbonyl (C=O) groups is 2. The van der Waals surface area contributed by atoms with Crippen LogP contribution in [0.2, 0.25) is 0 Å². The summed E-state index contributed by atoms with van der Waals surface area (Å²) in [7, 11) is 0. The third-order valence-electron chi connectivity index (χ3n) is 2.48. The molecule has 7 nitrogen and oxygen atoms in total. The third kappa shape index (κ3) is 3.47. The number of carbonyl (C=O) groups excluding carboxylic acids is 1. The maximum Gasteiger partial charge on any atom is 0.360 e. The molecule has 1 aromatic rings. The van der Waals surface area contributed by atoms with Gasteiger partial charge in [0.1, 0.15) is 6.26 Å². The Morgan fingerprint density at radius 3 is 2.78 bits per heavy atom. The van der Waals surface area contributed by atoms with Crippen molar-refractivity contribution in [3.05, 3.63) is 12.0 Å². The van der Waals surface area contributed by atoms with E-state index >= 15 is 0 Å². The zero-order valence-corrected chi connectivity index (χ0v) is 10.5. The quantitative estimate of drug-likeness (QED) is 0.741. The van der Waals surface area contributed by atoms with Crippen LogP contribution >= 0.6 is 0 Å². The Hall–Kier alpha value is -2.05. The lowest BCUT2D eigenvalue weighted by Crippen LogP contribution is -2.29. The average molecular weight is 256 g/mol. The van der Waals surface area contributed by atoms with Crippen LogP contribution in [0.25, 0.3) is 0 Å². The molecule has 0 aromatic carbocycles. The standard InChI is InChI=1S/C11H16N2O5/c1-4-17-10(16)8-5-18-11(13-8)12-7(3)6(2)9(14)15/h5-7H,4H2,1-3H3,(H,12,13)(H,14,15). The van der Waals surface area contributed by atoms with Gasteiger partial charge in [0.2, 0.25) is 0 Å². The molecule has 18 heavy (non-hydrogen) atoms. The van der Waals surface area contributed by atoms with Crippen molar-refractivity contribution in [2.75, 3.05) is 11.9 Å². The Morgan fingerprint density at radius 1 is 1.56 bits per heavy atom. The van der Waals surface area contributed by atoms with Gasteiger partial charge in [0.05, 0.1) is 12.5 Å². The largest absolute Gasteiger partial charge is 0.481 e. The number of nitrogens with zero attached hydrogens (tertiary/aromatic N) is 1. The molecule has 1 aromatic heterocycles. The normalized spacial score (nSPS) is 13.7. The van der Waals surface area contributed by atoms with Gasteiger partial charge in [-0.3, -0.25) is 4.79 Å². The summed E-state index contributed by atoms with van der Waals surface area (Å²) in [6.45, 7) is 5.19.